The van der Waals surface area contributed by atoms with Crippen LogP contribution in [0.15, 0.2) is 24.3 Å². The number of nitrogens with zero attached hydrogens (tertiary/aromatic N) is 1. The molecule has 0 aliphatic carbocycles. The minimum atomic E-state index is -0.937. The first-order valence-corrected chi connectivity index (χ1v) is 6.37. The fourth-order valence-electron chi connectivity index (χ4n) is 2.59. The van der Waals surface area contributed by atoms with E-state index in [4.69, 9.17) is 11.6 Å². The van der Waals surface area contributed by atoms with E-state index in [1.54, 1.807) is 12.1 Å². The second kappa shape index (κ2) is 5.59. The molecular weight excluding hydrogens is 254 g/mol. The van der Waals surface area contributed by atoms with Gasteiger partial charge in [-0.15, -0.1) is 0 Å². The van der Waals surface area contributed by atoms with Crippen molar-refractivity contribution in [2.75, 3.05) is 13.2 Å². The molecule has 2 rings (SSSR count). The summed E-state index contributed by atoms with van der Waals surface area (Å²) >= 11 is 5.84. The zero-order chi connectivity index (χ0) is 13.1. The molecule has 5 heteroatoms. The maximum atomic E-state index is 11.3. The van der Waals surface area contributed by atoms with Crippen molar-refractivity contribution in [2.45, 2.75) is 18.9 Å². The molecule has 0 bridgehead atoms. The van der Waals surface area contributed by atoms with E-state index in [0.717, 1.165) is 18.4 Å². The van der Waals surface area contributed by atoms with E-state index in [-0.39, 0.29) is 18.6 Å². The lowest BCUT2D eigenvalue weighted by molar-refractivity contribution is 0.0536. The Morgan fingerprint density at radius 2 is 2.06 bits per heavy atom. The highest BCUT2D eigenvalue weighted by Gasteiger charge is 2.34. The van der Waals surface area contributed by atoms with Gasteiger partial charge in [-0.3, -0.25) is 0 Å². The average molecular weight is 270 g/mol. The Balaban J connectivity index is 2.33. The third kappa shape index (κ3) is 2.60. The summed E-state index contributed by atoms with van der Waals surface area (Å²) in [5.74, 6) is -0.0453. The molecule has 1 aliphatic heterocycles. The number of aliphatic hydroxyl groups excluding tert-OH is 1. The summed E-state index contributed by atoms with van der Waals surface area (Å²) in [5, 5.41) is 19.3. The summed E-state index contributed by atoms with van der Waals surface area (Å²) in [7, 11) is 0. The van der Waals surface area contributed by atoms with Crippen LogP contribution in [0.5, 0.6) is 0 Å². The van der Waals surface area contributed by atoms with Gasteiger partial charge in [0.25, 0.3) is 0 Å². The highest BCUT2D eigenvalue weighted by molar-refractivity contribution is 6.30. The zero-order valence-corrected chi connectivity index (χ0v) is 10.7. The number of carboxylic acid groups (broad SMARTS) is 1. The lowest BCUT2D eigenvalue weighted by Crippen LogP contribution is -2.43. The van der Waals surface area contributed by atoms with Crippen molar-refractivity contribution < 1.29 is 15.0 Å². The summed E-state index contributed by atoms with van der Waals surface area (Å²) in [5.41, 5.74) is 0.889. The highest BCUT2D eigenvalue weighted by atomic mass is 35.5. The number of piperidine rings is 1. The van der Waals surface area contributed by atoms with Gasteiger partial charge in [-0.2, -0.15) is 0 Å². The lowest BCUT2D eigenvalue weighted by atomic mass is 9.85. The molecule has 1 aromatic carbocycles. The molecule has 0 saturated carbocycles. The average Bonchev–Trinajstić information content (AvgIpc) is 2.38. The molecular formula is C13H16ClNO3. The molecule has 98 valence electrons. The maximum Gasteiger partial charge on any atom is 0.407 e. The Hall–Kier alpha value is -1.26. The minimum Gasteiger partial charge on any atom is -0.465 e. The number of rotatable bonds is 2. The molecule has 4 nitrogen and oxygen atoms in total. The van der Waals surface area contributed by atoms with Gasteiger partial charge < -0.3 is 15.1 Å². The molecule has 1 fully saturated rings. The van der Waals surface area contributed by atoms with Gasteiger partial charge in [-0.1, -0.05) is 23.7 Å². The number of carbonyl (C=O) groups is 1. The van der Waals surface area contributed by atoms with Gasteiger partial charge in [0.2, 0.25) is 0 Å². The number of amides is 1. The Morgan fingerprint density at radius 3 is 2.61 bits per heavy atom. The van der Waals surface area contributed by atoms with Gasteiger partial charge in [-0.05, 0) is 30.5 Å². The van der Waals surface area contributed by atoms with Gasteiger partial charge in [-0.25, -0.2) is 4.79 Å². The maximum absolute atomic E-state index is 11.3. The Morgan fingerprint density at radius 1 is 1.39 bits per heavy atom. The normalized spacial score (nSPS) is 24.0. The predicted octanol–water partition coefficient (Wildman–Crippen LogP) is 2.76. The Labute approximate surface area is 111 Å². The SMILES string of the molecule is O=C(O)N1CCC[C@H](CO)[C@H]1c1ccc(Cl)cc1. The largest absolute Gasteiger partial charge is 0.465 e. The summed E-state index contributed by atoms with van der Waals surface area (Å²) in [6.07, 6.45) is 0.697. The first-order valence-electron chi connectivity index (χ1n) is 5.99. The first-order chi connectivity index (χ1) is 8.63. The van der Waals surface area contributed by atoms with E-state index in [1.165, 1.54) is 4.90 Å². The third-order valence-electron chi connectivity index (χ3n) is 3.45. The standard InChI is InChI=1S/C13H16ClNO3/c14-11-5-3-9(4-6-11)12-10(8-16)2-1-7-15(12)13(17)18/h3-6,10,12,16H,1-2,7-8H2,(H,17,18)/t10-,12-/m1/s1. The van der Waals surface area contributed by atoms with Crippen LogP contribution >= 0.6 is 11.6 Å². The molecule has 0 unspecified atom stereocenters. The molecule has 1 saturated heterocycles. The zero-order valence-electron chi connectivity index (χ0n) is 9.92. The number of aliphatic hydroxyl groups is 1. The van der Waals surface area contributed by atoms with Crippen LogP contribution in [0, 0.1) is 5.92 Å². The highest BCUT2D eigenvalue weighted by Crippen LogP contribution is 2.36. The van der Waals surface area contributed by atoms with Crippen LogP contribution in [0.3, 0.4) is 0 Å². The van der Waals surface area contributed by atoms with E-state index in [9.17, 15) is 15.0 Å². The minimum absolute atomic E-state index is 0.00290. The number of hydrogen-bond acceptors (Lipinski definition) is 2. The van der Waals surface area contributed by atoms with E-state index >= 15 is 0 Å². The van der Waals surface area contributed by atoms with Gasteiger partial charge in [0.05, 0.1) is 6.04 Å². The van der Waals surface area contributed by atoms with Gasteiger partial charge >= 0.3 is 6.09 Å². The fourth-order valence-corrected chi connectivity index (χ4v) is 2.72. The van der Waals surface area contributed by atoms with Crippen molar-refractivity contribution in [1.82, 2.24) is 4.90 Å². The first kappa shape index (κ1) is 13.2. The number of likely N-dealkylation sites (tertiary alicyclic amines) is 1. The van der Waals surface area contributed by atoms with Crippen molar-refractivity contribution in [1.29, 1.82) is 0 Å². The van der Waals surface area contributed by atoms with Crippen molar-refractivity contribution in [2.24, 2.45) is 5.92 Å². The quantitative estimate of drug-likeness (QED) is 0.868. The predicted molar refractivity (Wildman–Crippen MR) is 68.7 cm³/mol. The summed E-state index contributed by atoms with van der Waals surface area (Å²) in [6, 6.07) is 6.88. The molecule has 1 heterocycles. The molecule has 2 N–H and O–H groups in total. The van der Waals surface area contributed by atoms with Gasteiger partial charge in [0.1, 0.15) is 0 Å². The second-order valence-corrected chi connectivity index (χ2v) is 4.99. The molecule has 1 amide bonds. The number of halogens is 1. The van der Waals surface area contributed by atoms with Crippen LogP contribution in [0.2, 0.25) is 5.02 Å². The second-order valence-electron chi connectivity index (χ2n) is 4.56. The van der Waals surface area contributed by atoms with Crippen LogP contribution < -0.4 is 0 Å². The van der Waals surface area contributed by atoms with Crippen molar-refractivity contribution in [3.05, 3.63) is 34.9 Å². The van der Waals surface area contributed by atoms with Crippen LogP contribution in [-0.4, -0.2) is 34.4 Å². The topological polar surface area (TPSA) is 60.8 Å². The van der Waals surface area contributed by atoms with Crippen LogP contribution in [0.4, 0.5) is 4.79 Å². The fraction of sp³-hybridized carbons (Fsp3) is 0.462. The van der Waals surface area contributed by atoms with Crippen molar-refractivity contribution >= 4 is 17.7 Å². The smallest absolute Gasteiger partial charge is 0.407 e. The van der Waals surface area contributed by atoms with E-state index in [0.29, 0.717) is 11.6 Å². The summed E-state index contributed by atoms with van der Waals surface area (Å²) in [4.78, 5) is 12.7. The summed E-state index contributed by atoms with van der Waals surface area (Å²) in [6.45, 7) is 0.510. The third-order valence-corrected chi connectivity index (χ3v) is 3.70. The Kier molecular flexibility index (Phi) is 4.09. The van der Waals surface area contributed by atoms with Crippen LogP contribution in [-0.2, 0) is 0 Å². The van der Waals surface area contributed by atoms with Crippen LogP contribution in [0.1, 0.15) is 24.4 Å². The molecule has 18 heavy (non-hydrogen) atoms. The number of hydrogen-bond donors (Lipinski definition) is 2. The lowest BCUT2D eigenvalue weighted by Gasteiger charge is -2.39. The van der Waals surface area contributed by atoms with E-state index in [2.05, 4.69) is 0 Å². The monoisotopic (exact) mass is 269 g/mol. The number of benzene rings is 1. The van der Waals surface area contributed by atoms with E-state index < -0.39 is 6.09 Å². The molecule has 1 aliphatic rings. The van der Waals surface area contributed by atoms with Crippen molar-refractivity contribution in [3.63, 3.8) is 0 Å². The molecule has 1 aromatic rings. The molecule has 0 spiro atoms. The van der Waals surface area contributed by atoms with Crippen molar-refractivity contribution in [3.8, 4) is 0 Å². The Bertz CT molecular complexity index is 421. The van der Waals surface area contributed by atoms with Gasteiger partial charge in [0.15, 0.2) is 0 Å². The molecule has 2 atom stereocenters. The summed E-state index contributed by atoms with van der Waals surface area (Å²) < 4.78 is 0. The molecule has 0 aromatic heterocycles. The molecule has 0 radical (unpaired) electrons. The van der Waals surface area contributed by atoms with Gasteiger partial charge in [0, 0.05) is 24.1 Å². The van der Waals surface area contributed by atoms with E-state index in [1.807, 2.05) is 12.1 Å². The van der Waals surface area contributed by atoms with Crippen LogP contribution in [0.25, 0.3) is 0 Å².